The predicted molar refractivity (Wildman–Crippen MR) is 60.0 cm³/mol. The van der Waals surface area contributed by atoms with Crippen LogP contribution in [0.25, 0.3) is 0 Å². The fourth-order valence-electron chi connectivity index (χ4n) is 1.27. The van der Waals surface area contributed by atoms with E-state index in [-0.39, 0.29) is 0 Å². The van der Waals surface area contributed by atoms with E-state index in [0.29, 0.717) is 11.7 Å². The molecule has 2 rings (SSSR count). The maximum atomic E-state index is 5.76. The average Bonchev–Trinajstić information content (AvgIpc) is 2.62. The van der Waals surface area contributed by atoms with Crippen molar-refractivity contribution in [3.05, 3.63) is 47.0 Å². The van der Waals surface area contributed by atoms with E-state index in [9.17, 15) is 0 Å². The smallest absolute Gasteiger partial charge is 0.131 e. The predicted octanol–water partition coefficient (Wildman–Crippen LogP) is 3.25. The Labute approximate surface area is 93.1 Å². The molecule has 0 atom stereocenters. The van der Waals surface area contributed by atoms with E-state index >= 15 is 0 Å². The summed E-state index contributed by atoms with van der Waals surface area (Å²) in [4.78, 5) is 4.11. The van der Waals surface area contributed by atoms with Crippen molar-refractivity contribution in [1.29, 1.82) is 0 Å². The van der Waals surface area contributed by atoms with Crippen molar-refractivity contribution in [3.8, 4) is 0 Å². The van der Waals surface area contributed by atoms with Crippen LogP contribution in [0.5, 0.6) is 0 Å². The van der Waals surface area contributed by atoms with E-state index < -0.39 is 0 Å². The third-order valence-electron chi connectivity index (χ3n) is 1.94. The second-order valence-corrected chi connectivity index (χ2v) is 3.68. The van der Waals surface area contributed by atoms with Gasteiger partial charge in [0, 0.05) is 0 Å². The normalized spacial score (nSPS) is 10.3. The molecule has 0 amide bonds. The molecular formula is C11H11ClN2O. The summed E-state index contributed by atoms with van der Waals surface area (Å²) >= 11 is 5.76. The highest BCUT2D eigenvalue weighted by Crippen LogP contribution is 2.12. The Morgan fingerprint density at radius 2 is 2.33 bits per heavy atom. The highest BCUT2D eigenvalue weighted by molar-refractivity contribution is 6.29. The van der Waals surface area contributed by atoms with Gasteiger partial charge in [-0.25, -0.2) is 4.98 Å². The van der Waals surface area contributed by atoms with Crippen LogP contribution in [0.1, 0.15) is 11.3 Å². The lowest BCUT2D eigenvalue weighted by Crippen LogP contribution is -1.99. The van der Waals surface area contributed by atoms with Gasteiger partial charge in [-0.05, 0) is 30.7 Å². The van der Waals surface area contributed by atoms with Crippen LogP contribution in [0, 0.1) is 6.92 Å². The Balaban J connectivity index is 1.99. The summed E-state index contributed by atoms with van der Waals surface area (Å²) in [5.74, 6) is 1.63. The molecule has 3 nitrogen and oxygen atoms in total. The van der Waals surface area contributed by atoms with E-state index in [4.69, 9.17) is 16.0 Å². The molecule has 0 aliphatic rings. The number of nitrogens with zero attached hydrogens (tertiary/aromatic N) is 1. The van der Waals surface area contributed by atoms with Gasteiger partial charge in [-0.15, -0.1) is 0 Å². The summed E-state index contributed by atoms with van der Waals surface area (Å²) in [5, 5.41) is 3.61. The van der Waals surface area contributed by atoms with Gasteiger partial charge in [0.1, 0.15) is 16.7 Å². The van der Waals surface area contributed by atoms with Crippen molar-refractivity contribution in [2.45, 2.75) is 13.5 Å². The molecule has 15 heavy (non-hydrogen) atoms. The van der Waals surface area contributed by atoms with Gasteiger partial charge in [-0.3, -0.25) is 0 Å². The van der Waals surface area contributed by atoms with Gasteiger partial charge < -0.3 is 9.73 Å². The monoisotopic (exact) mass is 222 g/mol. The lowest BCUT2D eigenvalue weighted by Gasteiger charge is -2.02. The lowest BCUT2D eigenvalue weighted by molar-refractivity contribution is 0.516. The largest absolute Gasteiger partial charge is 0.467 e. The molecule has 2 aromatic heterocycles. The topological polar surface area (TPSA) is 38.1 Å². The first kappa shape index (κ1) is 10.1. The summed E-state index contributed by atoms with van der Waals surface area (Å²) in [5.41, 5.74) is 1.12. The number of anilines is 1. The van der Waals surface area contributed by atoms with Gasteiger partial charge in [0.15, 0.2) is 0 Å². The van der Waals surface area contributed by atoms with Gasteiger partial charge in [0.2, 0.25) is 0 Å². The molecule has 2 aromatic rings. The molecular weight excluding hydrogens is 212 g/mol. The number of aryl methyl sites for hydroxylation is 1. The van der Waals surface area contributed by atoms with Crippen LogP contribution in [0.4, 0.5) is 5.82 Å². The Morgan fingerprint density at radius 3 is 3.00 bits per heavy atom. The van der Waals surface area contributed by atoms with Crippen molar-refractivity contribution >= 4 is 17.4 Å². The number of hydrogen-bond acceptors (Lipinski definition) is 3. The molecule has 78 valence electrons. The molecule has 0 fully saturated rings. The fourth-order valence-corrected chi connectivity index (χ4v) is 1.43. The molecule has 0 spiro atoms. The zero-order chi connectivity index (χ0) is 10.7. The van der Waals surface area contributed by atoms with Crippen LogP contribution in [-0.4, -0.2) is 4.98 Å². The Bertz CT molecular complexity index is 453. The number of halogens is 1. The number of nitrogens with one attached hydrogen (secondary N) is 1. The second kappa shape index (κ2) is 4.36. The van der Waals surface area contributed by atoms with E-state index in [2.05, 4.69) is 10.3 Å². The summed E-state index contributed by atoms with van der Waals surface area (Å²) in [7, 11) is 0. The van der Waals surface area contributed by atoms with Crippen LogP contribution < -0.4 is 5.32 Å². The zero-order valence-electron chi connectivity index (χ0n) is 8.33. The minimum absolute atomic E-state index is 0.482. The van der Waals surface area contributed by atoms with Crippen LogP contribution in [0.2, 0.25) is 5.15 Å². The average molecular weight is 223 g/mol. The molecule has 0 saturated carbocycles. The standard InChI is InChI=1S/C11H11ClN2O/c1-8-5-9(15-7-8)6-13-11-4-2-3-10(12)14-11/h2-5,7H,6H2,1H3,(H,13,14). The fraction of sp³-hybridized carbons (Fsp3) is 0.182. The van der Waals surface area contributed by atoms with E-state index in [1.165, 1.54) is 0 Å². The Hall–Kier alpha value is -1.48. The quantitative estimate of drug-likeness (QED) is 0.811. The third-order valence-corrected chi connectivity index (χ3v) is 2.15. The Kier molecular flexibility index (Phi) is 2.92. The molecule has 0 radical (unpaired) electrons. The maximum absolute atomic E-state index is 5.76. The minimum atomic E-state index is 0.482. The molecule has 0 aliphatic heterocycles. The lowest BCUT2D eigenvalue weighted by atomic mass is 10.3. The minimum Gasteiger partial charge on any atom is -0.467 e. The number of rotatable bonds is 3. The van der Waals surface area contributed by atoms with E-state index in [0.717, 1.165) is 17.1 Å². The molecule has 0 bridgehead atoms. The molecule has 0 aliphatic carbocycles. The van der Waals surface area contributed by atoms with Gasteiger partial charge in [-0.2, -0.15) is 0 Å². The zero-order valence-corrected chi connectivity index (χ0v) is 9.08. The van der Waals surface area contributed by atoms with Crippen molar-refractivity contribution in [2.24, 2.45) is 0 Å². The molecule has 0 aromatic carbocycles. The number of pyridine rings is 1. The van der Waals surface area contributed by atoms with Crippen molar-refractivity contribution in [1.82, 2.24) is 4.98 Å². The summed E-state index contributed by atoms with van der Waals surface area (Å²) in [6, 6.07) is 7.44. The molecule has 2 heterocycles. The van der Waals surface area contributed by atoms with E-state index in [1.807, 2.05) is 25.1 Å². The van der Waals surface area contributed by atoms with Crippen molar-refractivity contribution < 1.29 is 4.42 Å². The van der Waals surface area contributed by atoms with Crippen LogP contribution in [-0.2, 0) is 6.54 Å². The van der Waals surface area contributed by atoms with Crippen LogP contribution in [0.3, 0.4) is 0 Å². The van der Waals surface area contributed by atoms with Crippen LogP contribution >= 0.6 is 11.6 Å². The van der Waals surface area contributed by atoms with Gasteiger partial charge in [0.05, 0.1) is 12.8 Å². The van der Waals surface area contributed by atoms with Gasteiger partial charge >= 0.3 is 0 Å². The highest BCUT2D eigenvalue weighted by Gasteiger charge is 1.99. The summed E-state index contributed by atoms with van der Waals surface area (Å²) in [6.07, 6.45) is 1.72. The number of hydrogen-bond donors (Lipinski definition) is 1. The number of aromatic nitrogens is 1. The Morgan fingerprint density at radius 1 is 1.47 bits per heavy atom. The molecule has 0 saturated heterocycles. The molecule has 1 N–H and O–H groups in total. The number of furan rings is 1. The van der Waals surface area contributed by atoms with Crippen molar-refractivity contribution in [2.75, 3.05) is 5.32 Å². The van der Waals surface area contributed by atoms with E-state index in [1.54, 1.807) is 12.3 Å². The van der Waals surface area contributed by atoms with Crippen molar-refractivity contribution in [3.63, 3.8) is 0 Å². The van der Waals surface area contributed by atoms with Crippen LogP contribution in [0.15, 0.2) is 34.9 Å². The van der Waals surface area contributed by atoms with Gasteiger partial charge in [0.25, 0.3) is 0 Å². The molecule has 4 heteroatoms. The third kappa shape index (κ3) is 2.73. The first-order valence-corrected chi connectivity index (χ1v) is 5.02. The maximum Gasteiger partial charge on any atom is 0.131 e. The highest BCUT2D eigenvalue weighted by atomic mass is 35.5. The summed E-state index contributed by atoms with van der Waals surface area (Å²) < 4.78 is 5.29. The first-order valence-electron chi connectivity index (χ1n) is 4.64. The summed E-state index contributed by atoms with van der Waals surface area (Å²) in [6.45, 7) is 2.60. The molecule has 0 unspecified atom stereocenters. The SMILES string of the molecule is Cc1coc(CNc2cccc(Cl)n2)c1. The van der Waals surface area contributed by atoms with Gasteiger partial charge in [-0.1, -0.05) is 17.7 Å². The first-order chi connectivity index (χ1) is 7.24. The second-order valence-electron chi connectivity index (χ2n) is 3.29.